The van der Waals surface area contributed by atoms with Gasteiger partial charge >= 0.3 is 5.97 Å². The van der Waals surface area contributed by atoms with Gasteiger partial charge in [-0.3, -0.25) is 0 Å². The maximum atomic E-state index is 10.4. The number of aliphatic carboxylic acids is 1. The minimum atomic E-state index is -1.25. The van der Waals surface area contributed by atoms with Gasteiger partial charge in [-0.05, 0) is 12.8 Å². The number of carbonyl (C=O) groups is 1. The molecule has 0 aliphatic carbocycles. The summed E-state index contributed by atoms with van der Waals surface area (Å²) in [6, 6.07) is 0. The van der Waals surface area contributed by atoms with Crippen molar-refractivity contribution < 1.29 is 15.0 Å². The molecule has 0 rings (SSSR count). The SMILES string of the molecule is CCCCCCCCCCCCC=CCC(O)C(=O)O. The number of carboxylic acid groups (broad SMARTS) is 1. The molecule has 0 heterocycles. The Labute approximate surface area is 124 Å². The monoisotopic (exact) mass is 284 g/mol. The predicted octanol–water partition coefficient (Wildman–Crippen LogP) is 4.69. The highest BCUT2D eigenvalue weighted by Crippen LogP contribution is 2.11. The normalized spacial score (nSPS) is 12.9. The van der Waals surface area contributed by atoms with Crippen LogP contribution < -0.4 is 0 Å². The number of aliphatic hydroxyl groups is 1. The molecule has 3 nitrogen and oxygen atoms in total. The average Bonchev–Trinajstić information content (AvgIpc) is 2.43. The zero-order valence-electron chi connectivity index (χ0n) is 13.0. The molecular formula is C17H32O3. The van der Waals surface area contributed by atoms with Crippen molar-refractivity contribution in [3.63, 3.8) is 0 Å². The Morgan fingerprint density at radius 1 is 0.900 bits per heavy atom. The molecule has 2 N–H and O–H groups in total. The minimum absolute atomic E-state index is 0.215. The first kappa shape index (κ1) is 19.2. The van der Waals surface area contributed by atoms with Crippen LogP contribution in [0.5, 0.6) is 0 Å². The van der Waals surface area contributed by atoms with Gasteiger partial charge in [0, 0.05) is 6.42 Å². The maximum absolute atomic E-state index is 10.4. The van der Waals surface area contributed by atoms with Gasteiger partial charge in [0.1, 0.15) is 0 Å². The largest absolute Gasteiger partial charge is 0.479 e. The second-order valence-electron chi connectivity index (χ2n) is 5.53. The van der Waals surface area contributed by atoms with Crippen molar-refractivity contribution in [1.82, 2.24) is 0 Å². The predicted molar refractivity (Wildman–Crippen MR) is 83.9 cm³/mol. The Bertz CT molecular complexity index is 249. The number of hydrogen-bond donors (Lipinski definition) is 2. The second-order valence-corrected chi connectivity index (χ2v) is 5.53. The van der Waals surface area contributed by atoms with Crippen LogP contribution in [0.4, 0.5) is 0 Å². The molecule has 0 aromatic rings. The maximum Gasteiger partial charge on any atom is 0.332 e. The van der Waals surface area contributed by atoms with Crippen molar-refractivity contribution in [2.75, 3.05) is 0 Å². The third kappa shape index (κ3) is 13.6. The number of hydrogen-bond acceptors (Lipinski definition) is 2. The van der Waals surface area contributed by atoms with Gasteiger partial charge in [-0.25, -0.2) is 4.79 Å². The van der Waals surface area contributed by atoms with Gasteiger partial charge in [0.05, 0.1) is 0 Å². The highest BCUT2D eigenvalue weighted by Gasteiger charge is 2.09. The van der Waals surface area contributed by atoms with Crippen LogP contribution in [0.1, 0.15) is 84.0 Å². The van der Waals surface area contributed by atoms with Gasteiger partial charge in [-0.2, -0.15) is 0 Å². The van der Waals surface area contributed by atoms with E-state index in [1.54, 1.807) is 6.08 Å². The summed E-state index contributed by atoms with van der Waals surface area (Å²) in [7, 11) is 0. The quantitative estimate of drug-likeness (QED) is 0.359. The highest BCUT2D eigenvalue weighted by atomic mass is 16.4. The lowest BCUT2D eigenvalue weighted by Crippen LogP contribution is -2.17. The van der Waals surface area contributed by atoms with Crippen molar-refractivity contribution in [3.8, 4) is 0 Å². The fourth-order valence-corrected chi connectivity index (χ4v) is 2.19. The molecule has 0 bridgehead atoms. The molecule has 1 atom stereocenters. The van der Waals surface area contributed by atoms with Gasteiger partial charge in [-0.1, -0.05) is 76.9 Å². The van der Waals surface area contributed by atoms with E-state index in [4.69, 9.17) is 10.2 Å². The number of rotatable bonds is 14. The van der Waals surface area contributed by atoms with E-state index in [1.807, 2.05) is 6.08 Å². The van der Waals surface area contributed by atoms with Crippen LogP contribution in [0.25, 0.3) is 0 Å². The second kappa shape index (κ2) is 14.6. The standard InChI is InChI=1S/C17H32O3/c1-2-3-4-5-6-7-8-9-10-11-12-13-14-15-16(18)17(19)20/h13-14,16,18H,2-12,15H2,1H3,(H,19,20). The summed E-state index contributed by atoms with van der Waals surface area (Å²) in [6.45, 7) is 2.25. The molecule has 0 aliphatic rings. The van der Waals surface area contributed by atoms with E-state index in [2.05, 4.69) is 6.92 Å². The van der Waals surface area contributed by atoms with Crippen molar-refractivity contribution in [2.24, 2.45) is 0 Å². The smallest absolute Gasteiger partial charge is 0.332 e. The Balaban J connectivity index is 3.16. The van der Waals surface area contributed by atoms with E-state index in [1.165, 1.54) is 57.8 Å². The number of carboxylic acids is 1. The van der Waals surface area contributed by atoms with Gasteiger partial charge < -0.3 is 10.2 Å². The summed E-state index contributed by atoms with van der Waals surface area (Å²) in [6.07, 6.45) is 17.0. The first-order chi connectivity index (χ1) is 9.68. The molecule has 118 valence electrons. The summed E-state index contributed by atoms with van der Waals surface area (Å²) in [4.78, 5) is 10.4. The fourth-order valence-electron chi connectivity index (χ4n) is 2.19. The van der Waals surface area contributed by atoms with Crippen LogP contribution in [0, 0.1) is 0 Å². The van der Waals surface area contributed by atoms with E-state index >= 15 is 0 Å². The summed E-state index contributed by atoms with van der Waals surface area (Å²) >= 11 is 0. The molecule has 0 radical (unpaired) electrons. The third-order valence-electron chi connectivity index (χ3n) is 3.54. The van der Waals surface area contributed by atoms with Crippen molar-refractivity contribution in [3.05, 3.63) is 12.2 Å². The molecule has 0 saturated heterocycles. The topological polar surface area (TPSA) is 57.5 Å². The van der Waals surface area contributed by atoms with Crippen LogP contribution in [0.3, 0.4) is 0 Å². The first-order valence-corrected chi connectivity index (χ1v) is 8.24. The van der Waals surface area contributed by atoms with Crippen molar-refractivity contribution in [1.29, 1.82) is 0 Å². The molecule has 20 heavy (non-hydrogen) atoms. The third-order valence-corrected chi connectivity index (χ3v) is 3.54. The average molecular weight is 284 g/mol. The molecule has 3 heteroatoms. The minimum Gasteiger partial charge on any atom is -0.479 e. The van der Waals surface area contributed by atoms with Crippen molar-refractivity contribution in [2.45, 2.75) is 90.1 Å². The summed E-state index contributed by atoms with van der Waals surface area (Å²) < 4.78 is 0. The molecule has 0 saturated carbocycles. The Morgan fingerprint density at radius 2 is 1.40 bits per heavy atom. The highest BCUT2D eigenvalue weighted by molar-refractivity contribution is 5.72. The van der Waals surface area contributed by atoms with Gasteiger partial charge in [-0.15, -0.1) is 0 Å². The molecule has 0 fully saturated rings. The summed E-state index contributed by atoms with van der Waals surface area (Å²) in [5.74, 6) is -1.14. The summed E-state index contributed by atoms with van der Waals surface area (Å²) in [5, 5.41) is 17.5. The zero-order chi connectivity index (χ0) is 15.1. The van der Waals surface area contributed by atoms with E-state index in [0.29, 0.717) is 0 Å². The van der Waals surface area contributed by atoms with Crippen LogP contribution >= 0.6 is 0 Å². The Morgan fingerprint density at radius 3 is 1.90 bits per heavy atom. The molecule has 1 unspecified atom stereocenters. The lowest BCUT2D eigenvalue weighted by molar-refractivity contribution is -0.146. The molecule has 0 amide bonds. The fraction of sp³-hybridized carbons (Fsp3) is 0.824. The Kier molecular flexibility index (Phi) is 14.0. The number of aliphatic hydroxyl groups excluding tert-OH is 1. The lowest BCUT2D eigenvalue weighted by Gasteiger charge is -2.01. The summed E-state index contributed by atoms with van der Waals surface area (Å²) in [5.41, 5.74) is 0. The molecule has 0 aromatic heterocycles. The molecular weight excluding hydrogens is 252 g/mol. The van der Waals surface area contributed by atoms with E-state index < -0.39 is 12.1 Å². The van der Waals surface area contributed by atoms with E-state index in [9.17, 15) is 4.79 Å². The van der Waals surface area contributed by atoms with E-state index in [-0.39, 0.29) is 6.42 Å². The lowest BCUT2D eigenvalue weighted by atomic mass is 10.1. The van der Waals surface area contributed by atoms with E-state index in [0.717, 1.165) is 12.8 Å². The van der Waals surface area contributed by atoms with Crippen LogP contribution in [-0.2, 0) is 4.79 Å². The van der Waals surface area contributed by atoms with Gasteiger partial charge in [0.2, 0.25) is 0 Å². The van der Waals surface area contributed by atoms with Crippen LogP contribution in [-0.4, -0.2) is 22.3 Å². The zero-order valence-corrected chi connectivity index (χ0v) is 13.0. The molecule has 0 aliphatic heterocycles. The number of unbranched alkanes of at least 4 members (excludes halogenated alkanes) is 10. The first-order valence-electron chi connectivity index (χ1n) is 8.24. The van der Waals surface area contributed by atoms with Gasteiger partial charge in [0.15, 0.2) is 6.10 Å². The molecule has 0 spiro atoms. The van der Waals surface area contributed by atoms with Crippen LogP contribution in [0.15, 0.2) is 12.2 Å². The van der Waals surface area contributed by atoms with Crippen molar-refractivity contribution >= 4 is 5.97 Å². The Hall–Kier alpha value is -0.830. The number of allylic oxidation sites excluding steroid dienone is 1. The van der Waals surface area contributed by atoms with Gasteiger partial charge in [0.25, 0.3) is 0 Å². The molecule has 0 aromatic carbocycles. The van der Waals surface area contributed by atoms with Crippen LogP contribution in [0.2, 0.25) is 0 Å².